The molecule has 86 valence electrons. The van der Waals surface area contributed by atoms with Crippen LogP contribution < -0.4 is 5.73 Å². The normalized spacial score (nSPS) is 31.3. The summed E-state index contributed by atoms with van der Waals surface area (Å²) in [5, 5.41) is 0. The number of carbonyl (C=O) groups excluding carboxylic acids is 1. The summed E-state index contributed by atoms with van der Waals surface area (Å²) in [6.45, 7) is 1.44. The van der Waals surface area contributed by atoms with Gasteiger partial charge in [-0.25, -0.2) is 0 Å². The Morgan fingerprint density at radius 1 is 1.40 bits per heavy atom. The minimum atomic E-state index is -0.244. The van der Waals surface area contributed by atoms with Gasteiger partial charge < -0.3 is 15.2 Å². The zero-order chi connectivity index (χ0) is 10.7. The van der Waals surface area contributed by atoms with Crippen molar-refractivity contribution in [1.82, 2.24) is 0 Å². The van der Waals surface area contributed by atoms with Crippen molar-refractivity contribution in [2.45, 2.75) is 31.7 Å². The maximum absolute atomic E-state index is 11.6. The number of hydrogen-bond donors (Lipinski definition) is 1. The summed E-state index contributed by atoms with van der Waals surface area (Å²) in [5.74, 6) is 0.358. The first-order chi connectivity index (χ1) is 7.27. The zero-order valence-corrected chi connectivity index (χ0v) is 8.98. The molecule has 2 atom stereocenters. The third kappa shape index (κ3) is 2.69. The molecule has 1 heterocycles. The van der Waals surface area contributed by atoms with E-state index >= 15 is 0 Å². The van der Waals surface area contributed by atoms with Crippen LogP contribution in [0.4, 0.5) is 0 Å². The minimum absolute atomic E-state index is 0.179. The van der Waals surface area contributed by atoms with Gasteiger partial charge in [-0.15, -0.1) is 0 Å². The molecule has 0 aromatic rings. The monoisotopic (exact) mass is 213 g/mol. The van der Waals surface area contributed by atoms with E-state index in [9.17, 15) is 4.79 Å². The van der Waals surface area contributed by atoms with Gasteiger partial charge in [-0.3, -0.25) is 4.79 Å². The number of hydrogen-bond acceptors (Lipinski definition) is 4. The van der Waals surface area contributed by atoms with Crippen molar-refractivity contribution in [1.29, 1.82) is 0 Å². The summed E-state index contributed by atoms with van der Waals surface area (Å²) in [7, 11) is 0. The number of carbonyl (C=O) groups is 1. The van der Waals surface area contributed by atoms with Crippen molar-refractivity contribution in [2.75, 3.05) is 19.8 Å². The molecule has 2 rings (SSSR count). The molecule has 2 aliphatic rings. The van der Waals surface area contributed by atoms with E-state index in [1.807, 2.05) is 0 Å². The fourth-order valence-corrected chi connectivity index (χ4v) is 2.03. The largest absolute Gasteiger partial charge is 0.465 e. The SMILES string of the molecule is NC1COCC1C(=O)OCCC1CCC1. The summed E-state index contributed by atoms with van der Waals surface area (Å²) in [4.78, 5) is 11.6. The zero-order valence-electron chi connectivity index (χ0n) is 8.98. The van der Waals surface area contributed by atoms with Crippen LogP contribution in [0.5, 0.6) is 0 Å². The molecule has 0 bridgehead atoms. The third-order valence-electron chi connectivity index (χ3n) is 3.42. The van der Waals surface area contributed by atoms with Crippen molar-refractivity contribution < 1.29 is 14.3 Å². The molecule has 0 amide bonds. The van der Waals surface area contributed by atoms with Crippen LogP contribution in [0.3, 0.4) is 0 Å². The van der Waals surface area contributed by atoms with Crippen LogP contribution in [0.15, 0.2) is 0 Å². The van der Waals surface area contributed by atoms with E-state index in [0.717, 1.165) is 12.3 Å². The molecule has 15 heavy (non-hydrogen) atoms. The summed E-state index contributed by atoms with van der Waals surface area (Å²) >= 11 is 0. The molecule has 0 aromatic heterocycles. The summed E-state index contributed by atoms with van der Waals surface area (Å²) < 4.78 is 10.3. The second-order valence-corrected chi connectivity index (χ2v) is 4.56. The van der Waals surface area contributed by atoms with Gasteiger partial charge in [-0.1, -0.05) is 19.3 Å². The predicted molar refractivity (Wildman–Crippen MR) is 55.2 cm³/mol. The Morgan fingerprint density at radius 3 is 2.73 bits per heavy atom. The smallest absolute Gasteiger partial charge is 0.312 e. The van der Waals surface area contributed by atoms with Gasteiger partial charge in [0.05, 0.1) is 25.7 Å². The van der Waals surface area contributed by atoms with E-state index in [-0.39, 0.29) is 17.9 Å². The Kier molecular flexibility index (Phi) is 3.59. The Labute approximate surface area is 90.1 Å². The average molecular weight is 213 g/mol. The van der Waals surface area contributed by atoms with Crippen molar-refractivity contribution in [2.24, 2.45) is 17.6 Å². The Bertz CT molecular complexity index is 228. The van der Waals surface area contributed by atoms with Crippen LogP contribution in [0.2, 0.25) is 0 Å². The van der Waals surface area contributed by atoms with Crippen LogP contribution in [0, 0.1) is 11.8 Å². The maximum Gasteiger partial charge on any atom is 0.312 e. The number of nitrogens with two attached hydrogens (primary N) is 1. The minimum Gasteiger partial charge on any atom is -0.465 e. The van der Waals surface area contributed by atoms with Crippen molar-refractivity contribution in [3.8, 4) is 0 Å². The van der Waals surface area contributed by atoms with Gasteiger partial charge in [0.15, 0.2) is 0 Å². The molecule has 1 saturated carbocycles. The molecule has 2 unspecified atom stereocenters. The first-order valence-electron chi connectivity index (χ1n) is 5.77. The topological polar surface area (TPSA) is 61.5 Å². The molecular weight excluding hydrogens is 194 g/mol. The Hall–Kier alpha value is -0.610. The standard InChI is InChI=1S/C11H19NO3/c12-10-7-14-6-9(10)11(13)15-5-4-8-2-1-3-8/h8-10H,1-7,12H2. The highest BCUT2D eigenvalue weighted by Crippen LogP contribution is 2.29. The molecule has 1 aliphatic carbocycles. The molecule has 0 aromatic carbocycles. The fraction of sp³-hybridized carbons (Fsp3) is 0.909. The van der Waals surface area contributed by atoms with Gasteiger partial charge in [-0.05, 0) is 12.3 Å². The van der Waals surface area contributed by atoms with Crippen molar-refractivity contribution >= 4 is 5.97 Å². The molecule has 4 heteroatoms. The molecule has 1 aliphatic heterocycles. The molecule has 4 nitrogen and oxygen atoms in total. The van der Waals surface area contributed by atoms with Gasteiger partial charge >= 0.3 is 5.97 Å². The highest BCUT2D eigenvalue weighted by molar-refractivity contribution is 5.73. The van der Waals surface area contributed by atoms with Gasteiger partial charge in [0, 0.05) is 6.04 Å². The second-order valence-electron chi connectivity index (χ2n) is 4.56. The summed E-state index contributed by atoms with van der Waals surface area (Å²) in [6.07, 6.45) is 4.93. The lowest BCUT2D eigenvalue weighted by Crippen LogP contribution is -2.35. The highest BCUT2D eigenvalue weighted by Gasteiger charge is 2.32. The number of ether oxygens (including phenoxy) is 2. The number of rotatable bonds is 4. The molecule has 1 saturated heterocycles. The van der Waals surface area contributed by atoms with Gasteiger partial charge in [0.25, 0.3) is 0 Å². The number of esters is 1. The Morgan fingerprint density at radius 2 is 2.20 bits per heavy atom. The Balaban J connectivity index is 1.63. The molecule has 0 spiro atoms. The highest BCUT2D eigenvalue weighted by atomic mass is 16.5. The van der Waals surface area contributed by atoms with Crippen LogP contribution in [0.1, 0.15) is 25.7 Å². The fourth-order valence-electron chi connectivity index (χ4n) is 2.03. The van der Waals surface area contributed by atoms with E-state index in [2.05, 4.69) is 0 Å². The van der Waals surface area contributed by atoms with Crippen molar-refractivity contribution in [3.63, 3.8) is 0 Å². The van der Waals surface area contributed by atoms with E-state index < -0.39 is 0 Å². The van der Waals surface area contributed by atoms with E-state index in [1.165, 1.54) is 19.3 Å². The van der Waals surface area contributed by atoms with E-state index in [1.54, 1.807) is 0 Å². The first-order valence-corrected chi connectivity index (χ1v) is 5.77. The second kappa shape index (κ2) is 4.94. The van der Waals surface area contributed by atoms with Crippen LogP contribution in [0.25, 0.3) is 0 Å². The molecule has 2 N–H and O–H groups in total. The van der Waals surface area contributed by atoms with Crippen molar-refractivity contribution in [3.05, 3.63) is 0 Å². The first kappa shape index (κ1) is 10.9. The van der Waals surface area contributed by atoms with Gasteiger partial charge in [-0.2, -0.15) is 0 Å². The third-order valence-corrected chi connectivity index (χ3v) is 3.42. The average Bonchev–Trinajstić information content (AvgIpc) is 2.55. The van der Waals surface area contributed by atoms with Gasteiger partial charge in [0.2, 0.25) is 0 Å². The molecule has 2 fully saturated rings. The summed E-state index contributed by atoms with van der Waals surface area (Å²) in [6, 6.07) is -0.179. The lowest BCUT2D eigenvalue weighted by molar-refractivity contribution is -0.149. The maximum atomic E-state index is 11.6. The van der Waals surface area contributed by atoms with Crippen LogP contribution >= 0.6 is 0 Å². The molecule has 0 radical (unpaired) electrons. The lowest BCUT2D eigenvalue weighted by Gasteiger charge is -2.25. The predicted octanol–water partition coefficient (Wildman–Crippen LogP) is 0.693. The van der Waals surface area contributed by atoms with Crippen LogP contribution in [-0.2, 0) is 14.3 Å². The van der Waals surface area contributed by atoms with E-state index in [4.69, 9.17) is 15.2 Å². The lowest BCUT2D eigenvalue weighted by atomic mass is 9.83. The summed E-state index contributed by atoms with van der Waals surface area (Å²) in [5.41, 5.74) is 5.72. The quantitative estimate of drug-likeness (QED) is 0.698. The molecular formula is C11H19NO3. The van der Waals surface area contributed by atoms with E-state index in [0.29, 0.717) is 19.8 Å². The van der Waals surface area contributed by atoms with Gasteiger partial charge in [0.1, 0.15) is 0 Å². The van der Waals surface area contributed by atoms with Crippen LogP contribution in [-0.4, -0.2) is 31.8 Å².